The zero-order chi connectivity index (χ0) is 12.1. The molecule has 0 aliphatic rings. The van der Waals surface area contributed by atoms with Crippen molar-refractivity contribution in [2.75, 3.05) is 11.9 Å². The van der Waals surface area contributed by atoms with Crippen LogP contribution in [0.1, 0.15) is 22.8 Å². The molecule has 1 aromatic rings. The van der Waals surface area contributed by atoms with Crippen molar-refractivity contribution in [2.24, 2.45) is 5.92 Å². The van der Waals surface area contributed by atoms with Crippen LogP contribution in [0.3, 0.4) is 0 Å². The van der Waals surface area contributed by atoms with Crippen LogP contribution in [0.2, 0.25) is 5.02 Å². The van der Waals surface area contributed by atoms with Gasteiger partial charge in [0.25, 0.3) is 5.91 Å². The molecule has 16 heavy (non-hydrogen) atoms. The normalized spacial score (nSPS) is 12.2. The first-order chi connectivity index (χ1) is 7.56. The largest absolute Gasteiger partial charge is 0.352 e. The van der Waals surface area contributed by atoms with E-state index in [-0.39, 0.29) is 5.91 Å². The molecule has 1 unspecified atom stereocenters. The Bertz CT molecular complexity index is 381. The molecular weight excluding hydrogens is 289 g/mol. The standard InChI is InChI=1S/C12H15BrClNO/c1-8(6-13)7-15-12(16)10-4-3-5-11(14)9(10)2/h3-5,8H,6-7H2,1-2H3,(H,15,16). The lowest BCUT2D eigenvalue weighted by Crippen LogP contribution is -2.29. The zero-order valence-corrected chi connectivity index (χ0v) is 11.7. The van der Waals surface area contributed by atoms with Crippen LogP contribution in [-0.4, -0.2) is 17.8 Å². The van der Waals surface area contributed by atoms with Crippen molar-refractivity contribution in [1.29, 1.82) is 0 Å². The Morgan fingerprint density at radius 1 is 1.56 bits per heavy atom. The maximum atomic E-state index is 11.9. The van der Waals surface area contributed by atoms with E-state index in [1.165, 1.54) is 0 Å². The fraction of sp³-hybridized carbons (Fsp3) is 0.417. The molecule has 0 saturated carbocycles. The van der Waals surface area contributed by atoms with E-state index in [1.807, 2.05) is 6.92 Å². The summed E-state index contributed by atoms with van der Waals surface area (Å²) in [4.78, 5) is 11.9. The summed E-state index contributed by atoms with van der Waals surface area (Å²) >= 11 is 9.34. The first kappa shape index (κ1) is 13.5. The number of alkyl halides is 1. The quantitative estimate of drug-likeness (QED) is 0.849. The summed E-state index contributed by atoms with van der Waals surface area (Å²) in [6.07, 6.45) is 0. The van der Waals surface area contributed by atoms with Crippen LogP contribution in [0.25, 0.3) is 0 Å². The molecular formula is C12H15BrClNO. The Balaban J connectivity index is 2.70. The van der Waals surface area contributed by atoms with Crippen LogP contribution in [0, 0.1) is 12.8 Å². The number of carbonyl (C=O) groups excluding carboxylic acids is 1. The highest BCUT2D eigenvalue weighted by Crippen LogP contribution is 2.18. The van der Waals surface area contributed by atoms with Crippen molar-refractivity contribution >= 4 is 33.4 Å². The molecule has 1 rings (SSSR count). The van der Waals surface area contributed by atoms with Gasteiger partial charge in [0.2, 0.25) is 0 Å². The van der Waals surface area contributed by atoms with Crippen molar-refractivity contribution in [3.05, 3.63) is 34.3 Å². The summed E-state index contributed by atoms with van der Waals surface area (Å²) in [5.41, 5.74) is 1.47. The lowest BCUT2D eigenvalue weighted by Gasteiger charge is -2.11. The Morgan fingerprint density at radius 2 is 2.25 bits per heavy atom. The maximum Gasteiger partial charge on any atom is 0.251 e. The molecule has 2 nitrogen and oxygen atoms in total. The van der Waals surface area contributed by atoms with Crippen molar-refractivity contribution in [2.45, 2.75) is 13.8 Å². The number of nitrogens with one attached hydrogen (secondary N) is 1. The smallest absolute Gasteiger partial charge is 0.251 e. The molecule has 4 heteroatoms. The molecule has 0 heterocycles. The summed E-state index contributed by atoms with van der Waals surface area (Å²) in [6, 6.07) is 5.36. The van der Waals surface area contributed by atoms with Gasteiger partial charge in [-0.1, -0.05) is 40.5 Å². The van der Waals surface area contributed by atoms with E-state index in [1.54, 1.807) is 18.2 Å². The van der Waals surface area contributed by atoms with Crippen molar-refractivity contribution < 1.29 is 4.79 Å². The van der Waals surface area contributed by atoms with Crippen molar-refractivity contribution in [1.82, 2.24) is 5.32 Å². The number of hydrogen-bond donors (Lipinski definition) is 1. The highest BCUT2D eigenvalue weighted by molar-refractivity contribution is 9.09. The van der Waals surface area contributed by atoms with Crippen LogP contribution in [0.15, 0.2) is 18.2 Å². The molecule has 1 amide bonds. The van der Waals surface area contributed by atoms with Crippen LogP contribution in [-0.2, 0) is 0 Å². The zero-order valence-electron chi connectivity index (χ0n) is 9.39. The van der Waals surface area contributed by atoms with E-state index in [0.29, 0.717) is 23.0 Å². The molecule has 0 saturated heterocycles. The first-order valence-corrected chi connectivity index (χ1v) is 6.65. The second-order valence-electron chi connectivity index (χ2n) is 3.88. The third-order valence-electron chi connectivity index (χ3n) is 2.39. The lowest BCUT2D eigenvalue weighted by molar-refractivity contribution is 0.0948. The molecule has 0 aliphatic heterocycles. The van der Waals surface area contributed by atoms with Crippen LogP contribution in [0.5, 0.6) is 0 Å². The maximum absolute atomic E-state index is 11.9. The molecule has 0 aliphatic carbocycles. The highest BCUT2D eigenvalue weighted by atomic mass is 79.9. The van der Waals surface area contributed by atoms with Gasteiger partial charge in [0.15, 0.2) is 0 Å². The summed E-state index contributed by atoms with van der Waals surface area (Å²) in [5, 5.41) is 4.39. The average molecular weight is 305 g/mol. The van der Waals surface area contributed by atoms with E-state index in [4.69, 9.17) is 11.6 Å². The molecule has 0 spiro atoms. The number of carbonyl (C=O) groups is 1. The molecule has 0 fully saturated rings. The summed E-state index contributed by atoms with van der Waals surface area (Å²) in [5.74, 6) is 0.358. The fourth-order valence-electron chi connectivity index (χ4n) is 1.27. The highest BCUT2D eigenvalue weighted by Gasteiger charge is 2.11. The van der Waals surface area contributed by atoms with Gasteiger partial charge in [-0.05, 0) is 30.5 Å². The lowest BCUT2D eigenvalue weighted by atomic mass is 10.1. The first-order valence-electron chi connectivity index (χ1n) is 5.15. The Hall–Kier alpha value is -0.540. The van der Waals surface area contributed by atoms with Crippen LogP contribution >= 0.6 is 27.5 Å². The molecule has 1 N–H and O–H groups in total. The molecule has 0 radical (unpaired) electrons. The van der Waals surface area contributed by atoms with Gasteiger partial charge in [-0.15, -0.1) is 0 Å². The topological polar surface area (TPSA) is 29.1 Å². The summed E-state index contributed by atoms with van der Waals surface area (Å²) < 4.78 is 0. The van der Waals surface area contributed by atoms with E-state index >= 15 is 0 Å². The molecule has 88 valence electrons. The van der Waals surface area contributed by atoms with Gasteiger partial charge >= 0.3 is 0 Å². The second-order valence-corrected chi connectivity index (χ2v) is 4.94. The van der Waals surface area contributed by atoms with Crippen LogP contribution in [0.4, 0.5) is 0 Å². The number of rotatable bonds is 4. The minimum absolute atomic E-state index is 0.0622. The van der Waals surface area contributed by atoms with E-state index in [9.17, 15) is 4.79 Å². The third-order valence-corrected chi connectivity index (χ3v) is 3.90. The van der Waals surface area contributed by atoms with Gasteiger partial charge in [-0.3, -0.25) is 4.79 Å². The number of benzene rings is 1. The Kier molecular flexibility index (Phi) is 5.29. The number of hydrogen-bond acceptors (Lipinski definition) is 1. The van der Waals surface area contributed by atoms with Gasteiger partial charge in [0.1, 0.15) is 0 Å². The van der Waals surface area contributed by atoms with Gasteiger partial charge < -0.3 is 5.32 Å². The van der Waals surface area contributed by atoms with Crippen molar-refractivity contribution in [3.63, 3.8) is 0 Å². The number of halogens is 2. The van der Waals surface area contributed by atoms with Gasteiger partial charge in [-0.2, -0.15) is 0 Å². The summed E-state index contributed by atoms with van der Waals surface area (Å²) in [6.45, 7) is 4.58. The Labute approximate surface area is 110 Å². The van der Waals surface area contributed by atoms with E-state index in [0.717, 1.165) is 10.9 Å². The second kappa shape index (κ2) is 6.26. The SMILES string of the molecule is Cc1c(Cl)cccc1C(=O)NCC(C)CBr. The van der Waals surface area contributed by atoms with Gasteiger partial charge in [0, 0.05) is 22.5 Å². The molecule has 1 atom stereocenters. The summed E-state index contributed by atoms with van der Waals surface area (Å²) in [7, 11) is 0. The van der Waals surface area contributed by atoms with E-state index < -0.39 is 0 Å². The minimum Gasteiger partial charge on any atom is -0.352 e. The van der Waals surface area contributed by atoms with E-state index in [2.05, 4.69) is 28.2 Å². The number of amides is 1. The molecule has 0 bridgehead atoms. The van der Waals surface area contributed by atoms with Crippen molar-refractivity contribution in [3.8, 4) is 0 Å². The predicted octanol–water partition coefficient (Wildman–Crippen LogP) is 3.41. The molecule has 0 aromatic heterocycles. The third kappa shape index (κ3) is 3.49. The Morgan fingerprint density at radius 3 is 2.88 bits per heavy atom. The monoisotopic (exact) mass is 303 g/mol. The van der Waals surface area contributed by atoms with Crippen LogP contribution < -0.4 is 5.32 Å². The predicted molar refractivity (Wildman–Crippen MR) is 71.5 cm³/mol. The fourth-order valence-corrected chi connectivity index (χ4v) is 1.67. The van der Waals surface area contributed by atoms with Gasteiger partial charge in [-0.25, -0.2) is 0 Å². The minimum atomic E-state index is -0.0622. The molecule has 1 aromatic carbocycles. The average Bonchev–Trinajstić information content (AvgIpc) is 2.29. The van der Waals surface area contributed by atoms with Gasteiger partial charge in [0.05, 0.1) is 0 Å².